The first-order valence-corrected chi connectivity index (χ1v) is 12.6. The number of aromatic nitrogens is 6. The predicted octanol–water partition coefficient (Wildman–Crippen LogP) is 4.80. The van der Waals surface area contributed by atoms with Crippen LogP contribution in [0.2, 0.25) is 0 Å². The van der Waals surface area contributed by atoms with Crippen LogP contribution in [0.3, 0.4) is 0 Å². The third-order valence-electron chi connectivity index (χ3n) is 7.17. The van der Waals surface area contributed by atoms with E-state index >= 15 is 0 Å². The largest absolute Gasteiger partial charge is 0.321 e. The Balaban J connectivity index is 1.54. The molecule has 4 aromatic rings. The number of hydrogen-bond donors (Lipinski definition) is 1. The smallest absolute Gasteiger partial charge is 0.252 e. The number of pyridine rings is 2. The van der Waals surface area contributed by atoms with E-state index in [1.165, 1.54) is 18.4 Å². The first-order valence-electron chi connectivity index (χ1n) is 12.6. The Morgan fingerprint density at radius 3 is 2.74 bits per heavy atom. The van der Waals surface area contributed by atoms with Crippen LogP contribution in [-0.2, 0) is 13.1 Å². The third-order valence-corrected chi connectivity index (χ3v) is 7.17. The highest BCUT2D eigenvalue weighted by molar-refractivity contribution is 5.82. The van der Waals surface area contributed by atoms with Crippen molar-refractivity contribution in [3.8, 4) is 0 Å². The van der Waals surface area contributed by atoms with E-state index < -0.39 is 0 Å². The Morgan fingerprint density at radius 2 is 2.00 bits per heavy atom. The maximum atomic E-state index is 13.2. The van der Waals surface area contributed by atoms with Crippen molar-refractivity contribution in [1.82, 2.24) is 35.1 Å². The molecule has 8 heteroatoms. The molecule has 182 valence electrons. The molecule has 3 heterocycles. The fourth-order valence-corrected chi connectivity index (χ4v) is 5.50. The van der Waals surface area contributed by atoms with Crippen molar-refractivity contribution in [3.63, 3.8) is 0 Å². The molecule has 8 nitrogen and oxygen atoms in total. The van der Waals surface area contributed by atoms with Crippen LogP contribution in [-0.4, -0.2) is 35.1 Å². The van der Waals surface area contributed by atoms with Crippen LogP contribution in [0, 0.1) is 13.8 Å². The summed E-state index contributed by atoms with van der Waals surface area (Å²) in [5.74, 6) is 0.882. The predicted molar refractivity (Wildman–Crippen MR) is 136 cm³/mol. The first kappa shape index (κ1) is 23.4. The molecular formula is C27H33N7O. The van der Waals surface area contributed by atoms with Crippen LogP contribution < -0.4 is 5.56 Å². The monoisotopic (exact) mass is 471 g/mol. The average molecular weight is 472 g/mol. The molecule has 5 rings (SSSR count). The molecular weight excluding hydrogens is 438 g/mol. The summed E-state index contributed by atoms with van der Waals surface area (Å²) < 4.78 is 2.04. The summed E-state index contributed by atoms with van der Waals surface area (Å²) in [7, 11) is 0. The molecule has 0 aliphatic heterocycles. The number of benzene rings is 1. The van der Waals surface area contributed by atoms with Gasteiger partial charge in [0.2, 0.25) is 0 Å². The van der Waals surface area contributed by atoms with Gasteiger partial charge in [-0.3, -0.25) is 14.7 Å². The average Bonchev–Trinajstić information content (AvgIpc) is 3.53. The lowest BCUT2D eigenvalue weighted by molar-refractivity contribution is 0.158. The Hall–Kier alpha value is -3.39. The molecule has 0 bridgehead atoms. The van der Waals surface area contributed by atoms with Crippen molar-refractivity contribution in [2.75, 3.05) is 0 Å². The van der Waals surface area contributed by atoms with E-state index in [2.05, 4.69) is 62.4 Å². The number of aromatic amines is 1. The maximum absolute atomic E-state index is 13.2. The molecule has 0 amide bonds. The molecule has 0 radical (unpaired) electrons. The number of hydrogen-bond acceptors (Lipinski definition) is 6. The van der Waals surface area contributed by atoms with Gasteiger partial charge in [0, 0.05) is 31.0 Å². The third kappa shape index (κ3) is 4.89. The molecule has 3 aromatic heterocycles. The summed E-state index contributed by atoms with van der Waals surface area (Å²) in [5, 5.41) is 14.0. The van der Waals surface area contributed by atoms with Gasteiger partial charge in [-0.2, -0.15) is 0 Å². The second kappa shape index (κ2) is 10.1. The van der Waals surface area contributed by atoms with Gasteiger partial charge in [-0.15, -0.1) is 5.10 Å². The number of H-pyrrole nitrogens is 1. The highest BCUT2D eigenvalue weighted by Crippen LogP contribution is 2.33. The molecule has 1 fully saturated rings. The van der Waals surface area contributed by atoms with E-state index in [9.17, 15) is 4.79 Å². The molecule has 1 aromatic carbocycles. The molecule has 1 atom stereocenters. The van der Waals surface area contributed by atoms with E-state index in [4.69, 9.17) is 0 Å². The molecule has 1 saturated carbocycles. The summed E-state index contributed by atoms with van der Waals surface area (Å²) in [6.07, 6.45) is 9.15. The summed E-state index contributed by atoms with van der Waals surface area (Å²) in [6.45, 7) is 7.42. The number of nitrogens with zero attached hydrogens (tertiary/aromatic N) is 6. The van der Waals surface area contributed by atoms with Gasteiger partial charge in [-0.05, 0) is 78.2 Å². The second-order valence-corrected chi connectivity index (χ2v) is 9.78. The van der Waals surface area contributed by atoms with E-state index in [1.807, 2.05) is 29.9 Å². The Kier molecular flexibility index (Phi) is 6.72. The van der Waals surface area contributed by atoms with Gasteiger partial charge in [0.25, 0.3) is 5.56 Å². The van der Waals surface area contributed by atoms with Crippen molar-refractivity contribution < 1.29 is 0 Å². The molecule has 1 N–H and O–H groups in total. The van der Waals surface area contributed by atoms with Crippen LogP contribution in [0.1, 0.15) is 79.2 Å². The zero-order valence-electron chi connectivity index (χ0n) is 20.7. The van der Waals surface area contributed by atoms with Gasteiger partial charge in [0.15, 0.2) is 5.82 Å². The standard InChI is InChI=1S/C27H33N7O/c1-4-24(26-30-31-32-34(26)23-9-5-6-10-23)33(16-20-8-7-11-28-15-20)17-22-14-21-13-18(2)12-19(3)25(21)29-27(22)35/h7-8,11-15,23-24H,4-6,9-10,16-17H2,1-3H3,(H,29,35)/t24-/m1/s1. The maximum Gasteiger partial charge on any atom is 0.252 e. The van der Waals surface area contributed by atoms with Gasteiger partial charge < -0.3 is 4.98 Å². The normalized spacial score (nSPS) is 15.3. The van der Waals surface area contributed by atoms with E-state index in [0.717, 1.165) is 52.7 Å². The van der Waals surface area contributed by atoms with E-state index in [1.54, 1.807) is 6.20 Å². The molecule has 0 unspecified atom stereocenters. The lowest BCUT2D eigenvalue weighted by Crippen LogP contribution is -2.32. The van der Waals surface area contributed by atoms with Crippen molar-refractivity contribution >= 4 is 10.9 Å². The van der Waals surface area contributed by atoms with Crippen LogP contribution in [0.25, 0.3) is 10.9 Å². The van der Waals surface area contributed by atoms with Crippen molar-refractivity contribution in [1.29, 1.82) is 0 Å². The first-order chi connectivity index (χ1) is 17.0. The Bertz CT molecular complexity index is 1360. The topological polar surface area (TPSA) is 92.6 Å². The van der Waals surface area contributed by atoms with Crippen LogP contribution in [0.15, 0.2) is 47.5 Å². The molecule has 1 aliphatic rings. The zero-order valence-corrected chi connectivity index (χ0v) is 20.7. The summed E-state index contributed by atoms with van der Waals surface area (Å²) in [4.78, 5) is 22.9. The quantitative estimate of drug-likeness (QED) is 0.397. The SMILES string of the molecule is CC[C@H](c1nnnn1C1CCCC1)N(Cc1cccnc1)Cc1cc2cc(C)cc(C)c2[nH]c1=O. The van der Waals surface area contributed by atoms with Gasteiger partial charge in [0.1, 0.15) is 0 Å². The highest BCUT2D eigenvalue weighted by atomic mass is 16.1. The number of nitrogens with one attached hydrogen (secondary N) is 1. The van der Waals surface area contributed by atoms with Crippen molar-refractivity contribution in [3.05, 3.63) is 81.2 Å². The van der Waals surface area contributed by atoms with Gasteiger partial charge in [0.05, 0.1) is 17.6 Å². The number of rotatable bonds is 8. The highest BCUT2D eigenvalue weighted by Gasteiger charge is 2.29. The lowest BCUT2D eigenvalue weighted by Gasteiger charge is -2.31. The molecule has 1 aliphatic carbocycles. The van der Waals surface area contributed by atoms with Crippen molar-refractivity contribution in [2.24, 2.45) is 0 Å². The zero-order chi connectivity index (χ0) is 24.4. The minimum Gasteiger partial charge on any atom is -0.321 e. The van der Waals surface area contributed by atoms with E-state index in [-0.39, 0.29) is 11.6 Å². The van der Waals surface area contributed by atoms with Gasteiger partial charge in [-0.25, -0.2) is 4.68 Å². The molecule has 35 heavy (non-hydrogen) atoms. The lowest BCUT2D eigenvalue weighted by atomic mass is 10.0. The fourth-order valence-electron chi connectivity index (χ4n) is 5.50. The number of aryl methyl sites for hydroxylation is 2. The summed E-state index contributed by atoms with van der Waals surface area (Å²) in [5.41, 5.74) is 4.95. The minimum absolute atomic E-state index is 0.0276. The summed E-state index contributed by atoms with van der Waals surface area (Å²) >= 11 is 0. The number of tetrazole rings is 1. The molecule has 0 spiro atoms. The van der Waals surface area contributed by atoms with Crippen LogP contribution in [0.4, 0.5) is 0 Å². The van der Waals surface area contributed by atoms with Gasteiger partial charge >= 0.3 is 0 Å². The van der Waals surface area contributed by atoms with Gasteiger partial charge in [-0.1, -0.05) is 37.5 Å². The minimum atomic E-state index is -0.0501. The Morgan fingerprint density at radius 1 is 1.17 bits per heavy atom. The fraction of sp³-hybridized carbons (Fsp3) is 0.444. The van der Waals surface area contributed by atoms with E-state index in [0.29, 0.717) is 19.1 Å². The molecule has 0 saturated heterocycles. The van der Waals surface area contributed by atoms with Crippen LogP contribution >= 0.6 is 0 Å². The van der Waals surface area contributed by atoms with Crippen molar-refractivity contribution in [2.45, 2.75) is 78.0 Å². The summed E-state index contributed by atoms with van der Waals surface area (Å²) in [6, 6.07) is 10.6. The second-order valence-electron chi connectivity index (χ2n) is 9.78. The van der Waals surface area contributed by atoms with Crippen LogP contribution in [0.5, 0.6) is 0 Å². The number of fused-ring (bicyclic) bond motifs is 1. The Labute approximate surface area is 205 Å².